The summed E-state index contributed by atoms with van der Waals surface area (Å²) in [5.74, 6) is -0.0748. The monoisotopic (exact) mass is 402 g/mol. The lowest BCUT2D eigenvalue weighted by molar-refractivity contribution is 0.0724. The van der Waals surface area contributed by atoms with Gasteiger partial charge in [0.25, 0.3) is 5.91 Å². The molecule has 0 spiro atoms. The van der Waals surface area contributed by atoms with Gasteiger partial charge in [0.05, 0.1) is 17.0 Å². The molecular weight excluding hydrogens is 384 g/mol. The summed E-state index contributed by atoms with van der Waals surface area (Å²) in [5.41, 5.74) is 0.620. The van der Waals surface area contributed by atoms with Gasteiger partial charge in [0.1, 0.15) is 5.58 Å². The summed E-state index contributed by atoms with van der Waals surface area (Å²) in [7, 11) is 4.00. The lowest BCUT2D eigenvalue weighted by Crippen LogP contribution is -2.31. The fraction of sp³-hybridized carbons (Fsp3) is 0.300. The number of thiophene rings is 1. The van der Waals surface area contributed by atoms with E-state index in [9.17, 15) is 9.59 Å². The number of nitrogens with zero attached hydrogens (tertiary/aromatic N) is 2. The second kappa shape index (κ2) is 7.11. The Balaban J connectivity index is 1.86. The van der Waals surface area contributed by atoms with Crippen molar-refractivity contribution in [1.82, 2.24) is 9.80 Å². The molecule has 4 rings (SSSR count). The Morgan fingerprint density at radius 3 is 2.78 bits per heavy atom. The number of hydrogen-bond acceptors (Lipinski definition) is 5. The van der Waals surface area contributed by atoms with Crippen LogP contribution in [0.15, 0.2) is 44.9 Å². The maximum Gasteiger partial charge on any atom is 0.290 e. The van der Waals surface area contributed by atoms with Crippen LogP contribution in [0, 0.1) is 0 Å². The summed E-state index contributed by atoms with van der Waals surface area (Å²) in [6.07, 6.45) is 0.814. The number of hydrogen-bond donors (Lipinski definition) is 0. The summed E-state index contributed by atoms with van der Waals surface area (Å²) < 4.78 is 5.88. The number of fused-ring (bicyclic) bond motifs is 2. The van der Waals surface area contributed by atoms with E-state index in [1.165, 1.54) is 11.3 Å². The molecule has 0 bridgehead atoms. The molecule has 1 amide bonds. The zero-order valence-electron chi connectivity index (χ0n) is 15.1. The van der Waals surface area contributed by atoms with E-state index in [0.717, 1.165) is 17.8 Å². The highest BCUT2D eigenvalue weighted by Crippen LogP contribution is 2.40. The molecular formula is C20H19ClN2O3S. The van der Waals surface area contributed by atoms with Crippen molar-refractivity contribution in [3.8, 4) is 0 Å². The predicted molar refractivity (Wildman–Crippen MR) is 108 cm³/mol. The van der Waals surface area contributed by atoms with Crippen molar-refractivity contribution in [2.75, 3.05) is 27.2 Å². The molecule has 1 aromatic carbocycles. The van der Waals surface area contributed by atoms with Crippen LogP contribution in [-0.2, 0) is 0 Å². The topological polar surface area (TPSA) is 53.8 Å². The van der Waals surface area contributed by atoms with E-state index >= 15 is 0 Å². The van der Waals surface area contributed by atoms with Crippen LogP contribution in [0.25, 0.3) is 11.0 Å². The Bertz CT molecular complexity index is 1060. The number of carbonyl (C=O) groups excluding carboxylic acids is 1. The van der Waals surface area contributed by atoms with Crippen LogP contribution >= 0.6 is 22.9 Å². The highest BCUT2D eigenvalue weighted by molar-refractivity contribution is 7.10. The Labute approximate surface area is 165 Å². The normalized spacial score (nSPS) is 16.5. The SMILES string of the molecule is CN(C)CCCN1C(=O)c2oc3ccc(Cl)cc3c(=O)c2C1c1cccs1. The van der Waals surface area contributed by atoms with Gasteiger partial charge >= 0.3 is 0 Å². The van der Waals surface area contributed by atoms with E-state index in [0.29, 0.717) is 28.1 Å². The molecule has 3 heterocycles. The van der Waals surface area contributed by atoms with Crippen molar-refractivity contribution in [3.05, 3.63) is 67.2 Å². The molecule has 2 aromatic heterocycles. The molecule has 27 heavy (non-hydrogen) atoms. The van der Waals surface area contributed by atoms with Crippen molar-refractivity contribution in [2.45, 2.75) is 12.5 Å². The van der Waals surface area contributed by atoms with Gasteiger partial charge in [0.15, 0.2) is 5.43 Å². The van der Waals surface area contributed by atoms with E-state index in [-0.39, 0.29) is 17.1 Å². The van der Waals surface area contributed by atoms with Gasteiger partial charge in [-0.1, -0.05) is 17.7 Å². The summed E-state index contributed by atoms with van der Waals surface area (Å²) in [4.78, 5) is 31.1. The summed E-state index contributed by atoms with van der Waals surface area (Å²) in [6, 6.07) is 8.38. The van der Waals surface area contributed by atoms with E-state index in [2.05, 4.69) is 4.90 Å². The smallest absolute Gasteiger partial charge is 0.290 e. The molecule has 0 N–H and O–H groups in total. The predicted octanol–water partition coefficient (Wildman–Crippen LogP) is 4.00. The highest BCUT2D eigenvalue weighted by atomic mass is 35.5. The van der Waals surface area contributed by atoms with Crippen LogP contribution < -0.4 is 5.43 Å². The second-order valence-electron chi connectivity index (χ2n) is 6.89. The van der Waals surface area contributed by atoms with Gasteiger partial charge in [-0.3, -0.25) is 9.59 Å². The maximum atomic E-state index is 13.3. The molecule has 1 aliphatic rings. The molecule has 1 atom stereocenters. The minimum atomic E-state index is -0.408. The first-order chi connectivity index (χ1) is 13.0. The van der Waals surface area contributed by atoms with Crippen molar-refractivity contribution in [1.29, 1.82) is 0 Å². The molecule has 1 unspecified atom stereocenters. The van der Waals surface area contributed by atoms with Crippen LogP contribution in [0.5, 0.6) is 0 Å². The molecule has 140 valence electrons. The van der Waals surface area contributed by atoms with Crippen LogP contribution in [0.4, 0.5) is 0 Å². The summed E-state index contributed by atoms with van der Waals surface area (Å²) in [5, 5.41) is 2.83. The number of halogens is 1. The molecule has 7 heteroatoms. The largest absolute Gasteiger partial charge is 0.450 e. The molecule has 0 aliphatic carbocycles. The number of amides is 1. The lowest BCUT2D eigenvalue weighted by atomic mass is 10.0. The molecule has 5 nitrogen and oxygen atoms in total. The first-order valence-electron chi connectivity index (χ1n) is 8.72. The third kappa shape index (κ3) is 3.18. The number of carbonyl (C=O) groups is 1. The minimum absolute atomic E-state index is 0.151. The second-order valence-corrected chi connectivity index (χ2v) is 8.30. The first-order valence-corrected chi connectivity index (χ1v) is 9.98. The Kier molecular flexibility index (Phi) is 4.80. The Hall–Kier alpha value is -2.15. The number of rotatable bonds is 5. The highest BCUT2D eigenvalue weighted by Gasteiger charge is 2.42. The minimum Gasteiger partial charge on any atom is -0.450 e. The average molecular weight is 403 g/mol. The van der Waals surface area contributed by atoms with Crippen molar-refractivity contribution in [2.24, 2.45) is 0 Å². The zero-order chi connectivity index (χ0) is 19.1. The third-order valence-corrected chi connectivity index (χ3v) is 5.90. The van der Waals surface area contributed by atoms with E-state index < -0.39 is 6.04 Å². The molecule has 0 saturated heterocycles. The standard InChI is InChI=1S/C20H19ClN2O3S/c1-22(2)8-4-9-23-17(15-5-3-10-27-15)16-18(24)13-11-12(21)6-7-14(13)26-19(16)20(23)25/h3,5-7,10-11,17H,4,8-9H2,1-2H3. The van der Waals surface area contributed by atoms with Gasteiger partial charge in [-0.25, -0.2) is 0 Å². The third-order valence-electron chi connectivity index (χ3n) is 4.74. The molecule has 0 radical (unpaired) electrons. The molecule has 0 saturated carbocycles. The van der Waals surface area contributed by atoms with Gasteiger partial charge in [-0.15, -0.1) is 11.3 Å². The summed E-state index contributed by atoms with van der Waals surface area (Å²) in [6.45, 7) is 1.41. The van der Waals surface area contributed by atoms with E-state index in [1.54, 1.807) is 23.1 Å². The van der Waals surface area contributed by atoms with Crippen molar-refractivity contribution in [3.63, 3.8) is 0 Å². The molecule has 0 fully saturated rings. The fourth-order valence-corrected chi connectivity index (χ4v) is 4.54. The van der Waals surface area contributed by atoms with Crippen molar-refractivity contribution >= 4 is 39.8 Å². The van der Waals surface area contributed by atoms with Crippen LogP contribution in [-0.4, -0.2) is 42.9 Å². The maximum absolute atomic E-state index is 13.3. The van der Waals surface area contributed by atoms with Gasteiger partial charge < -0.3 is 14.2 Å². The van der Waals surface area contributed by atoms with Crippen LogP contribution in [0.2, 0.25) is 5.02 Å². The first kappa shape index (κ1) is 18.2. The number of benzene rings is 1. The van der Waals surface area contributed by atoms with E-state index in [1.807, 2.05) is 31.6 Å². The van der Waals surface area contributed by atoms with Gasteiger partial charge in [-0.2, -0.15) is 0 Å². The lowest BCUT2D eigenvalue weighted by Gasteiger charge is -2.24. The molecule has 1 aliphatic heterocycles. The Morgan fingerprint density at radius 2 is 2.07 bits per heavy atom. The molecule has 3 aromatic rings. The quantitative estimate of drug-likeness (QED) is 0.647. The van der Waals surface area contributed by atoms with Crippen LogP contribution in [0.3, 0.4) is 0 Å². The fourth-order valence-electron chi connectivity index (χ4n) is 3.52. The zero-order valence-corrected chi connectivity index (χ0v) is 16.6. The summed E-state index contributed by atoms with van der Waals surface area (Å²) >= 11 is 7.61. The van der Waals surface area contributed by atoms with Gasteiger partial charge in [0.2, 0.25) is 5.76 Å². The van der Waals surface area contributed by atoms with Gasteiger partial charge in [-0.05, 0) is 56.7 Å². The Morgan fingerprint density at radius 1 is 1.26 bits per heavy atom. The van der Waals surface area contributed by atoms with E-state index in [4.69, 9.17) is 16.0 Å². The van der Waals surface area contributed by atoms with Crippen LogP contribution in [0.1, 0.15) is 33.5 Å². The van der Waals surface area contributed by atoms with Gasteiger partial charge in [0, 0.05) is 16.4 Å². The average Bonchev–Trinajstić information content (AvgIpc) is 3.24. The van der Waals surface area contributed by atoms with Crippen molar-refractivity contribution < 1.29 is 9.21 Å².